The molecule has 3 heteroatoms. The Morgan fingerprint density at radius 3 is 2.23 bits per heavy atom. The van der Waals surface area contributed by atoms with Gasteiger partial charge in [-0.2, -0.15) is 0 Å². The van der Waals surface area contributed by atoms with Gasteiger partial charge in [-0.1, -0.05) is 6.42 Å². The van der Waals surface area contributed by atoms with Gasteiger partial charge >= 0.3 is 5.97 Å². The first-order chi connectivity index (χ1) is 6.18. The van der Waals surface area contributed by atoms with Crippen molar-refractivity contribution in [2.24, 2.45) is 23.5 Å². The van der Waals surface area contributed by atoms with Crippen molar-refractivity contribution in [1.82, 2.24) is 0 Å². The van der Waals surface area contributed by atoms with Gasteiger partial charge in [-0.25, -0.2) is 0 Å². The van der Waals surface area contributed by atoms with Gasteiger partial charge in [0, 0.05) is 6.04 Å². The zero-order valence-electron chi connectivity index (χ0n) is 7.78. The number of carboxylic acid groups (broad SMARTS) is 1. The molecule has 2 bridgehead atoms. The van der Waals surface area contributed by atoms with Crippen LogP contribution in [0, 0.1) is 17.8 Å². The van der Waals surface area contributed by atoms with Gasteiger partial charge in [0.1, 0.15) is 0 Å². The van der Waals surface area contributed by atoms with E-state index in [-0.39, 0.29) is 12.0 Å². The third kappa shape index (κ3) is 1.57. The molecule has 0 spiro atoms. The molecule has 2 saturated carbocycles. The SMILES string of the molecule is NC1[C@@H]2CCC[C@@H]1CC(C(=O)O)C2. The van der Waals surface area contributed by atoms with E-state index in [1.54, 1.807) is 0 Å². The van der Waals surface area contributed by atoms with E-state index < -0.39 is 5.97 Å². The van der Waals surface area contributed by atoms with Crippen molar-refractivity contribution in [3.05, 3.63) is 0 Å². The third-order valence-corrected chi connectivity index (χ3v) is 3.76. The molecular formula is C10H17NO2. The molecule has 0 aromatic heterocycles. The summed E-state index contributed by atoms with van der Waals surface area (Å²) in [6.45, 7) is 0. The Bertz CT molecular complexity index is 203. The van der Waals surface area contributed by atoms with Crippen LogP contribution in [-0.2, 0) is 4.79 Å². The minimum Gasteiger partial charge on any atom is -0.481 e. The lowest BCUT2D eigenvalue weighted by molar-refractivity contribution is -0.144. The zero-order valence-corrected chi connectivity index (χ0v) is 7.78. The average molecular weight is 183 g/mol. The topological polar surface area (TPSA) is 63.3 Å². The Hall–Kier alpha value is -0.570. The molecule has 3 N–H and O–H groups in total. The van der Waals surface area contributed by atoms with E-state index in [4.69, 9.17) is 10.8 Å². The molecule has 0 aromatic rings. The Balaban J connectivity index is 2.07. The number of hydrogen-bond acceptors (Lipinski definition) is 2. The number of nitrogens with two attached hydrogens (primary N) is 1. The van der Waals surface area contributed by atoms with Crippen LogP contribution >= 0.6 is 0 Å². The lowest BCUT2D eigenvalue weighted by Gasteiger charge is -2.42. The molecule has 2 aliphatic carbocycles. The summed E-state index contributed by atoms with van der Waals surface area (Å²) in [6, 6.07) is 0.282. The molecule has 2 rings (SSSR count). The highest BCUT2D eigenvalue weighted by Gasteiger charge is 2.40. The van der Waals surface area contributed by atoms with Gasteiger partial charge in [0.15, 0.2) is 0 Å². The maximum atomic E-state index is 10.9. The number of carboxylic acids is 1. The molecule has 0 unspecified atom stereocenters. The fraction of sp³-hybridized carbons (Fsp3) is 0.900. The lowest BCUT2D eigenvalue weighted by Crippen LogP contribution is -2.47. The number of aliphatic carboxylic acids is 1. The van der Waals surface area contributed by atoms with Crippen LogP contribution in [0.15, 0.2) is 0 Å². The summed E-state index contributed by atoms with van der Waals surface area (Å²) < 4.78 is 0. The highest BCUT2D eigenvalue weighted by molar-refractivity contribution is 5.70. The van der Waals surface area contributed by atoms with Gasteiger partial charge in [-0.15, -0.1) is 0 Å². The first-order valence-electron chi connectivity index (χ1n) is 5.17. The number of fused-ring (bicyclic) bond motifs is 2. The van der Waals surface area contributed by atoms with Crippen molar-refractivity contribution in [3.63, 3.8) is 0 Å². The molecule has 0 aromatic carbocycles. The smallest absolute Gasteiger partial charge is 0.306 e. The van der Waals surface area contributed by atoms with Crippen molar-refractivity contribution in [2.75, 3.05) is 0 Å². The van der Waals surface area contributed by atoms with Crippen LogP contribution in [-0.4, -0.2) is 17.1 Å². The van der Waals surface area contributed by atoms with Gasteiger partial charge in [-0.3, -0.25) is 4.79 Å². The van der Waals surface area contributed by atoms with Crippen LogP contribution in [0.25, 0.3) is 0 Å². The van der Waals surface area contributed by atoms with Crippen LogP contribution in [0.3, 0.4) is 0 Å². The van der Waals surface area contributed by atoms with Crippen LogP contribution in [0.2, 0.25) is 0 Å². The summed E-state index contributed by atoms with van der Waals surface area (Å²) in [5, 5.41) is 8.94. The quantitative estimate of drug-likeness (QED) is 0.642. The molecule has 2 aliphatic rings. The predicted octanol–water partition coefficient (Wildman–Crippen LogP) is 1.22. The molecule has 0 saturated heterocycles. The van der Waals surface area contributed by atoms with Crippen molar-refractivity contribution in [1.29, 1.82) is 0 Å². The molecule has 74 valence electrons. The summed E-state index contributed by atoms with van der Waals surface area (Å²) in [6.07, 6.45) is 5.15. The maximum absolute atomic E-state index is 10.9. The highest BCUT2D eigenvalue weighted by atomic mass is 16.4. The summed E-state index contributed by atoms with van der Waals surface area (Å²) in [5.74, 6) is 0.223. The molecule has 2 fully saturated rings. The predicted molar refractivity (Wildman–Crippen MR) is 49.2 cm³/mol. The lowest BCUT2D eigenvalue weighted by atomic mass is 9.65. The molecule has 0 aliphatic heterocycles. The Morgan fingerprint density at radius 2 is 1.77 bits per heavy atom. The second kappa shape index (κ2) is 3.29. The molecule has 0 heterocycles. The minimum atomic E-state index is -0.621. The molecule has 0 radical (unpaired) electrons. The van der Waals surface area contributed by atoms with Crippen LogP contribution in [0.4, 0.5) is 0 Å². The van der Waals surface area contributed by atoms with E-state index in [0.717, 1.165) is 25.7 Å². The summed E-state index contributed by atoms with van der Waals surface area (Å²) >= 11 is 0. The molecule has 0 amide bonds. The second-order valence-corrected chi connectivity index (χ2v) is 4.53. The van der Waals surface area contributed by atoms with E-state index in [1.165, 1.54) is 6.42 Å². The van der Waals surface area contributed by atoms with Gasteiger partial charge in [0.05, 0.1) is 5.92 Å². The molecular weight excluding hydrogens is 166 g/mol. The molecule has 3 nitrogen and oxygen atoms in total. The fourth-order valence-electron chi connectivity index (χ4n) is 2.99. The number of hydrogen-bond donors (Lipinski definition) is 2. The largest absolute Gasteiger partial charge is 0.481 e. The Kier molecular flexibility index (Phi) is 2.28. The van der Waals surface area contributed by atoms with Crippen LogP contribution in [0.5, 0.6) is 0 Å². The van der Waals surface area contributed by atoms with E-state index in [0.29, 0.717) is 11.8 Å². The van der Waals surface area contributed by atoms with Crippen molar-refractivity contribution in [2.45, 2.75) is 38.1 Å². The van der Waals surface area contributed by atoms with Gasteiger partial charge in [0.2, 0.25) is 0 Å². The number of rotatable bonds is 1. The fourth-order valence-corrected chi connectivity index (χ4v) is 2.99. The van der Waals surface area contributed by atoms with Gasteiger partial charge in [-0.05, 0) is 37.5 Å². The van der Waals surface area contributed by atoms with E-state index in [9.17, 15) is 4.79 Å². The number of carbonyl (C=O) groups is 1. The second-order valence-electron chi connectivity index (χ2n) is 4.53. The van der Waals surface area contributed by atoms with Crippen molar-refractivity contribution in [3.8, 4) is 0 Å². The van der Waals surface area contributed by atoms with Crippen LogP contribution < -0.4 is 5.73 Å². The molecule has 2 atom stereocenters. The summed E-state index contributed by atoms with van der Waals surface area (Å²) in [7, 11) is 0. The van der Waals surface area contributed by atoms with E-state index >= 15 is 0 Å². The maximum Gasteiger partial charge on any atom is 0.306 e. The standard InChI is InChI=1S/C10H17NO2/c11-9-6-2-1-3-7(9)5-8(4-6)10(12)13/h6-9H,1-5,11H2,(H,12,13)/t6-,7-,8?,9?/m1/s1. The first-order valence-corrected chi connectivity index (χ1v) is 5.17. The van der Waals surface area contributed by atoms with Crippen molar-refractivity contribution < 1.29 is 9.90 Å². The van der Waals surface area contributed by atoms with Gasteiger partial charge < -0.3 is 10.8 Å². The van der Waals surface area contributed by atoms with E-state index in [2.05, 4.69) is 0 Å². The molecule has 13 heavy (non-hydrogen) atoms. The normalized spacial score (nSPS) is 44.4. The highest BCUT2D eigenvalue weighted by Crippen LogP contribution is 2.41. The Labute approximate surface area is 78.3 Å². The van der Waals surface area contributed by atoms with E-state index in [1.807, 2.05) is 0 Å². The van der Waals surface area contributed by atoms with Gasteiger partial charge in [0.25, 0.3) is 0 Å². The monoisotopic (exact) mass is 183 g/mol. The average Bonchev–Trinajstić information content (AvgIpc) is 2.02. The Morgan fingerprint density at radius 1 is 1.23 bits per heavy atom. The third-order valence-electron chi connectivity index (χ3n) is 3.76. The zero-order chi connectivity index (χ0) is 9.42. The first kappa shape index (κ1) is 9.00. The summed E-state index contributed by atoms with van der Waals surface area (Å²) in [4.78, 5) is 10.9. The minimum absolute atomic E-state index is 0.116. The van der Waals surface area contributed by atoms with Crippen LogP contribution in [0.1, 0.15) is 32.1 Å². The summed E-state index contributed by atoms with van der Waals surface area (Å²) in [5.41, 5.74) is 6.05. The van der Waals surface area contributed by atoms with Crippen molar-refractivity contribution >= 4 is 5.97 Å².